The molecule has 0 saturated carbocycles. The van der Waals surface area contributed by atoms with E-state index in [1.165, 1.54) is 12.3 Å². The summed E-state index contributed by atoms with van der Waals surface area (Å²) in [5, 5.41) is 6.50. The van der Waals surface area contributed by atoms with Gasteiger partial charge < -0.3 is 5.73 Å². The minimum Gasteiger partial charge on any atom is -0.366 e. The van der Waals surface area contributed by atoms with Crippen LogP contribution in [-0.4, -0.2) is 16.1 Å². The van der Waals surface area contributed by atoms with Gasteiger partial charge in [-0.3, -0.25) is 9.89 Å². The monoisotopic (exact) mass is 179 g/mol. The summed E-state index contributed by atoms with van der Waals surface area (Å²) in [7, 11) is 0. The first kappa shape index (κ1) is 7.72. The standard InChI is InChI=1S/C8H6FN3O/c9-7-4(8(10)13)1-2-6-5(7)3-11-12-6/h1-3H,(H2,10,13)(H,11,12). The highest BCUT2D eigenvalue weighted by atomic mass is 19.1. The Labute approximate surface area is 72.5 Å². The van der Waals surface area contributed by atoms with E-state index in [1.54, 1.807) is 6.07 Å². The molecule has 0 saturated heterocycles. The number of nitrogens with zero attached hydrogens (tertiary/aromatic N) is 1. The number of hydrogen-bond donors (Lipinski definition) is 2. The molecule has 2 aromatic rings. The number of carbonyl (C=O) groups excluding carboxylic acids is 1. The van der Waals surface area contributed by atoms with Crippen molar-refractivity contribution < 1.29 is 9.18 Å². The molecule has 5 heteroatoms. The molecule has 2 rings (SSSR count). The largest absolute Gasteiger partial charge is 0.366 e. The maximum Gasteiger partial charge on any atom is 0.251 e. The second-order valence-electron chi connectivity index (χ2n) is 2.62. The molecule has 4 nitrogen and oxygen atoms in total. The summed E-state index contributed by atoms with van der Waals surface area (Å²) in [5.74, 6) is -1.40. The van der Waals surface area contributed by atoms with Crippen LogP contribution < -0.4 is 5.73 Å². The zero-order chi connectivity index (χ0) is 9.42. The number of aromatic nitrogens is 2. The number of benzene rings is 1. The Bertz CT molecular complexity index is 477. The van der Waals surface area contributed by atoms with Crippen molar-refractivity contribution in [2.24, 2.45) is 5.73 Å². The molecule has 0 unspecified atom stereocenters. The highest BCUT2D eigenvalue weighted by Crippen LogP contribution is 2.18. The number of fused-ring (bicyclic) bond motifs is 1. The molecule has 0 radical (unpaired) electrons. The number of amides is 1. The maximum atomic E-state index is 13.4. The third-order valence-corrected chi connectivity index (χ3v) is 1.82. The fraction of sp³-hybridized carbons (Fsp3) is 0. The van der Waals surface area contributed by atoms with Crippen molar-refractivity contribution in [3.8, 4) is 0 Å². The molecule has 0 aliphatic heterocycles. The van der Waals surface area contributed by atoms with Gasteiger partial charge in [-0.2, -0.15) is 5.10 Å². The van der Waals surface area contributed by atoms with Gasteiger partial charge in [0, 0.05) is 0 Å². The van der Waals surface area contributed by atoms with E-state index in [2.05, 4.69) is 10.2 Å². The Kier molecular flexibility index (Phi) is 1.51. The minimum absolute atomic E-state index is 0.117. The number of aromatic amines is 1. The highest BCUT2D eigenvalue weighted by molar-refractivity contribution is 5.97. The lowest BCUT2D eigenvalue weighted by Gasteiger charge is -1.97. The summed E-state index contributed by atoms with van der Waals surface area (Å²) in [6.07, 6.45) is 1.32. The third kappa shape index (κ3) is 1.05. The van der Waals surface area contributed by atoms with Crippen LogP contribution in [0.4, 0.5) is 4.39 Å². The average Bonchev–Trinajstić information content (AvgIpc) is 2.52. The van der Waals surface area contributed by atoms with Gasteiger partial charge in [0.25, 0.3) is 5.91 Å². The molecule has 0 fully saturated rings. The average molecular weight is 179 g/mol. The van der Waals surface area contributed by atoms with Crippen molar-refractivity contribution in [1.82, 2.24) is 10.2 Å². The van der Waals surface area contributed by atoms with Gasteiger partial charge in [-0.1, -0.05) is 0 Å². The number of carbonyl (C=O) groups is 1. The lowest BCUT2D eigenvalue weighted by Crippen LogP contribution is -2.12. The first-order chi connectivity index (χ1) is 6.20. The number of halogens is 1. The van der Waals surface area contributed by atoms with Crippen LogP contribution in [0.3, 0.4) is 0 Å². The van der Waals surface area contributed by atoms with Crippen molar-refractivity contribution in [2.45, 2.75) is 0 Å². The molecule has 3 N–H and O–H groups in total. The highest BCUT2D eigenvalue weighted by Gasteiger charge is 2.11. The summed E-state index contributed by atoms with van der Waals surface area (Å²) in [6.45, 7) is 0. The van der Waals surface area contributed by atoms with Gasteiger partial charge in [-0.05, 0) is 12.1 Å². The molecule has 1 amide bonds. The first-order valence-corrected chi connectivity index (χ1v) is 3.61. The van der Waals surface area contributed by atoms with Gasteiger partial charge in [-0.15, -0.1) is 0 Å². The molecule has 1 heterocycles. The van der Waals surface area contributed by atoms with Crippen molar-refractivity contribution in [3.05, 3.63) is 29.7 Å². The molecule has 1 aromatic carbocycles. The van der Waals surface area contributed by atoms with E-state index in [0.717, 1.165) is 0 Å². The molecule has 13 heavy (non-hydrogen) atoms. The van der Waals surface area contributed by atoms with Crippen molar-refractivity contribution in [1.29, 1.82) is 0 Å². The van der Waals surface area contributed by atoms with Crippen LogP contribution in [0.15, 0.2) is 18.3 Å². The molecule has 1 aromatic heterocycles. The Morgan fingerprint density at radius 3 is 3.00 bits per heavy atom. The third-order valence-electron chi connectivity index (χ3n) is 1.82. The summed E-state index contributed by atoms with van der Waals surface area (Å²) in [6, 6.07) is 2.89. The van der Waals surface area contributed by atoms with Crippen LogP contribution in [0.5, 0.6) is 0 Å². The van der Waals surface area contributed by atoms with Crippen molar-refractivity contribution in [2.75, 3.05) is 0 Å². The van der Waals surface area contributed by atoms with Crippen LogP contribution in [0, 0.1) is 5.82 Å². The Balaban J connectivity index is 2.80. The number of nitrogens with one attached hydrogen (secondary N) is 1. The maximum absolute atomic E-state index is 13.4. The molecule has 0 spiro atoms. The smallest absolute Gasteiger partial charge is 0.251 e. The minimum atomic E-state index is -0.777. The number of hydrogen-bond acceptors (Lipinski definition) is 2. The fourth-order valence-corrected chi connectivity index (χ4v) is 1.17. The molecular weight excluding hydrogens is 173 g/mol. The first-order valence-electron chi connectivity index (χ1n) is 3.61. The number of rotatable bonds is 1. The van der Waals surface area contributed by atoms with E-state index in [-0.39, 0.29) is 10.9 Å². The molecule has 0 atom stereocenters. The Hall–Kier alpha value is -1.91. The lowest BCUT2D eigenvalue weighted by molar-refractivity contribution is 0.0997. The van der Waals surface area contributed by atoms with Gasteiger partial charge in [0.1, 0.15) is 5.82 Å². The van der Waals surface area contributed by atoms with Crippen LogP contribution in [0.25, 0.3) is 10.9 Å². The molecule has 0 aliphatic carbocycles. The van der Waals surface area contributed by atoms with Crippen molar-refractivity contribution in [3.63, 3.8) is 0 Å². The van der Waals surface area contributed by atoms with Crippen LogP contribution in [0.2, 0.25) is 0 Å². The van der Waals surface area contributed by atoms with Crippen LogP contribution in [0.1, 0.15) is 10.4 Å². The van der Waals surface area contributed by atoms with Gasteiger partial charge in [0.2, 0.25) is 0 Å². The van der Waals surface area contributed by atoms with Gasteiger partial charge in [0.05, 0.1) is 22.7 Å². The second kappa shape index (κ2) is 2.55. The predicted molar refractivity (Wildman–Crippen MR) is 44.6 cm³/mol. The number of nitrogens with two attached hydrogens (primary N) is 1. The predicted octanol–water partition coefficient (Wildman–Crippen LogP) is 0.801. The van der Waals surface area contributed by atoms with Gasteiger partial charge >= 0.3 is 0 Å². The Morgan fingerprint density at radius 1 is 1.54 bits per heavy atom. The second-order valence-corrected chi connectivity index (χ2v) is 2.62. The molecule has 0 bridgehead atoms. The SMILES string of the molecule is NC(=O)c1ccc2[nH]ncc2c1F. The number of primary amides is 1. The topological polar surface area (TPSA) is 71.8 Å². The Morgan fingerprint density at radius 2 is 2.31 bits per heavy atom. The van der Waals surface area contributed by atoms with Crippen molar-refractivity contribution >= 4 is 16.8 Å². The van der Waals surface area contributed by atoms with Gasteiger partial charge in [-0.25, -0.2) is 4.39 Å². The van der Waals surface area contributed by atoms with Crippen LogP contribution >= 0.6 is 0 Å². The van der Waals surface area contributed by atoms with E-state index in [4.69, 9.17) is 5.73 Å². The summed E-state index contributed by atoms with van der Waals surface area (Å²) in [4.78, 5) is 10.7. The number of H-pyrrole nitrogens is 1. The van der Waals surface area contributed by atoms with Crippen LogP contribution in [-0.2, 0) is 0 Å². The summed E-state index contributed by atoms with van der Waals surface area (Å²) < 4.78 is 13.4. The molecule has 66 valence electrons. The summed E-state index contributed by atoms with van der Waals surface area (Å²) in [5.41, 5.74) is 5.39. The van der Waals surface area contributed by atoms with E-state index in [0.29, 0.717) is 5.52 Å². The quantitative estimate of drug-likeness (QED) is 0.679. The van der Waals surface area contributed by atoms with Gasteiger partial charge in [0.15, 0.2) is 0 Å². The van der Waals surface area contributed by atoms with E-state index < -0.39 is 11.7 Å². The zero-order valence-electron chi connectivity index (χ0n) is 6.54. The fourth-order valence-electron chi connectivity index (χ4n) is 1.17. The molecule has 0 aliphatic rings. The van der Waals surface area contributed by atoms with E-state index in [1.807, 2.05) is 0 Å². The lowest BCUT2D eigenvalue weighted by atomic mass is 10.1. The molecular formula is C8H6FN3O. The van der Waals surface area contributed by atoms with E-state index in [9.17, 15) is 9.18 Å². The summed E-state index contributed by atoms with van der Waals surface area (Å²) >= 11 is 0. The van der Waals surface area contributed by atoms with E-state index >= 15 is 0 Å². The normalized spacial score (nSPS) is 10.5. The zero-order valence-corrected chi connectivity index (χ0v) is 6.54.